The van der Waals surface area contributed by atoms with Crippen LogP contribution in [0.25, 0.3) is 0 Å². The second-order valence-corrected chi connectivity index (χ2v) is 1.48. The third-order valence-corrected chi connectivity index (χ3v) is 0.667. The molecular formula is C5H8Na2O4. The molecule has 0 aromatic rings. The average Bonchev–Trinajstić information content (AvgIpc) is 1.63. The molecule has 6 heteroatoms. The van der Waals surface area contributed by atoms with Crippen molar-refractivity contribution in [2.45, 2.75) is 6.42 Å². The first-order chi connectivity index (χ1) is 4.04. The molecule has 0 radical (unpaired) electrons. The molecule has 0 aliphatic carbocycles. The van der Waals surface area contributed by atoms with Crippen molar-refractivity contribution in [1.82, 2.24) is 0 Å². The summed E-state index contributed by atoms with van der Waals surface area (Å²) < 4.78 is 0. The summed E-state index contributed by atoms with van der Waals surface area (Å²) in [4.78, 5) is 19.7. The van der Waals surface area contributed by atoms with Gasteiger partial charge in [-0.25, -0.2) is 4.79 Å². The number of carboxylic acid groups (broad SMARTS) is 2. The third kappa shape index (κ3) is 10.7. The average molecular weight is 178 g/mol. The van der Waals surface area contributed by atoms with Crippen molar-refractivity contribution in [2.75, 3.05) is 0 Å². The van der Waals surface area contributed by atoms with E-state index in [0.29, 0.717) is 0 Å². The molecule has 0 aromatic heterocycles. The number of hydrogen-bond acceptors (Lipinski definition) is 2. The Hall–Kier alpha value is 0.680. The van der Waals surface area contributed by atoms with Crippen LogP contribution in [-0.2, 0) is 9.59 Å². The van der Waals surface area contributed by atoms with Gasteiger partial charge < -0.3 is 10.2 Å². The number of carbonyl (C=O) groups is 2. The summed E-state index contributed by atoms with van der Waals surface area (Å²) in [5.74, 6) is -2.44. The van der Waals surface area contributed by atoms with E-state index in [1.807, 2.05) is 0 Å². The molecule has 2 N–H and O–H groups in total. The minimum atomic E-state index is -1.27. The van der Waals surface area contributed by atoms with E-state index in [1.165, 1.54) is 0 Å². The topological polar surface area (TPSA) is 74.6 Å². The molecular weight excluding hydrogens is 170 g/mol. The van der Waals surface area contributed by atoms with Gasteiger partial charge in [0, 0.05) is 5.57 Å². The Kier molecular flexibility index (Phi) is 14.1. The summed E-state index contributed by atoms with van der Waals surface area (Å²) in [6, 6.07) is 0. The molecule has 54 valence electrons. The predicted molar refractivity (Wildman–Crippen MR) is 43.3 cm³/mol. The standard InChI is InChI=1S/C5H6O4.2Na.2H/c1-3(5(8)9)2-4(6)7;;;;/h1-2H2,(H,6,7)(H,8,9);;;;. The third-order valence-electron chi connectivity index (χ3n) is 0.667. The van der Waals surface area contributed by atoms with E-state index in [4.69, 9.17) is 10.2 Å². The van der Waals surface area contributed by atoms with Crippen molar-refractivity contribution < 1.29 is 19.8 Å². The Morgan fingerprint density at radius 1 is 1.18 bits per heavy atom. The van der Waals surface area contributed by atoms with Crippen molar-refractivity contribution in [3.8, 4) is 0 Å². The molecule has 0 bridgehead atoms. The number of aliphatic carboxylic acids is 2. The molecule has 0 unspecified atom stereocenters. The minimum absolute atomic E-state index is 0. The van der Waals surface area contributed by atoms with Gasteiger partial charge in [0.05, 0.1) is 6.42 Å². The first-order valence-electron chi connectivity index (χ1n) is 2.17. The van der Waals surface area contributed by atoms with Crippen LogP contribution in [0.15, 0.2) is 12.2 Å². The first kappa shape index (κ1) is 17.7. The summed E-state index contributed by atoms with van der Waals surface area (Å²) in [5.41, 5.74) is -0.303. The predicted octanol–water partition coefficient (Wildman–Crippen LogP) is -1.20. The van der Waals surface area contributed by atoms with Crippen LogP contribution in [0.3, 0.4) is 0 Å². The molecule has 0 rings (SSSR count). The van der Waals surface area contributed by atoms with Crippen LogP contribution < -0.4 is 0 Å². The van der Waals surface area contributed by atoms with E-state index in [1.54, 1.807) is 0 Å². The van der Waals surface area contributed by atoms with Crippen LogP contribution in [0.1, 0.15) is 6.42 Å². The van der Waals surface area contributed by atoms with Gasteiger partial charge in [-0.2, -0.15) is 0 Å². The van der Waals surface area contributed by atoms with E-state index in [9.17, 15) is 9.59 Å². The Morgan fingerprint density at radius 3 is 1.64 bits per heavy atom. The Labute approximate surface area is 108 Å². The van der Waals surface area contributed by atoms with Gasteiger partial charge in [-0.05, 0) is 0 Å². The van der Waals surface area contributed by atoms with E-state index >= 15 is 0 Å². The summed E-state index contributed by atoms with van der Waals surface area (Å²) in [6.45, 7) is 3.01. The van der Waals surface area contributed by atoms with Crippen LogP contribution >= 0.6 is 0 Å². The molecule has 11 heavy (non-hydrogen) atoms. The summed E-state index contributed by atoms with van der Waals surface area (Å²) in [6.07, 6.45) is -0.505. The summed E-state index contributed by atoms with van der Waals surface area (Å²) in [5, 5.41) is 16.1. The zero-order chi connectivity index (χ0) is 7.44. The van der Waals surface area contributed by atoms with Gasteiger partial charge in [0.25, 0.3) is 0 Å². The monoisotopic (exact) mass is 178 g/mol. The molecule has 0 spiro atoms. The van der Waals surface area contributed by atoms with E-state index in [-0.39, 0.29) is 64.7 Å². The number of carboxylic acids is 2. The molecule has 0 aliphatic rings. The Balaban J connectivity index is -0.000000320. The van der Waals surface area contributed by atoms with Crippen LogP contribution in [0.5, 0.6) is 0 Å². The zero-order valence-corrected chi connectivity index (χ0v) is 4.63. The summed E-state index contributed by atoms with van der Waals surface area (Å²) in [7, 11) is 0. The van der Waals surface area contributed by atoms with Crippen LogP contribution in [0.4, 0.5) is 0 Å². The van der Waals surface area contributed by atoms with Gasteiger partial charge in [-0.15, -0.1) is 0 Å². The van der Waals surface area contributed by atoms with Gasteiger partial charge in [-0.1, -0.05) is 6.58 Å². The SMILES string of the molecule is C=C(CC(=O)O)C(=O)O.[NaH].[NaH]. The van der Waals surface area contributed by atoms with Gasteiger partial charge >= 0.3 is 71.1 Å². The molecule has 0 heterocycles. The van der Waals surface area contributed by atoms with Crippen molar-refractivity contribution in [3.63, 3.8) is 0 Å². The van der Waals surface area contributed by atoms with Gasteiger partial charge in [0.1, 0.15) is 0 Å². The molecule has 0 atom stereocenters. The van der Waals surface area contributed by atoms with Crippen LogP contribution in [0, 0.1) is 0 Å². The first-order valence-corrected chi connectivity index (χ1v) is 2.17. The number of rotatable bonds is 3. The molecule has 0 fully saturated rings. The van der Waals surface area contributed by atoms with Crippen LogP contribution in [-0.4, -0.2) is 81.3 Å². The molecule has 4 nitrogen and oxygen atoms in total. The maximum absolute atomic E-state index is 9.87. The normalized spacial score (nSPS) is 6.91. The quantitative estimate of drug-likeness (QED) is 0.420. The maximum atomic E-state index is 9.87. The van der Waals surface area contributed by atoms with Crippen molar-refractivity contribution in [1.29, 1.82) is 0 Å². The second-order valence-electron chi connectivity index (χ2n) is 1.48. The molecule has 0 aliphatic heterocycles. The Morgan fingerprint density at radius 2 is 1.55 bits per heavy atom. The van der Waals surface area contributed by atoms with Crippen molar-refractivity contribution >= 4 is 71.1 Å². The second kappa shape index (κ2) is 8.77. The van der Waals surface area contributed by atoms with Gasteiger partial charge in [0.2, 0.25) is 0 Å². The molecule has 0 aromatic carbocycles. The fraction of sp³-hybridized carbons (Fsp3) is 0.200. The van der Waals surface area contributed by atoms with E-state index in [2.05, 4.69) is 6.58 Å². The van der Waals surface area contributed by atoms with Crippen molar-refractivity contribution in [2.24, 2.45) is 0 Å². The summed E-state index contributed by atoms with van der Waals surface area (Å²) >= 11 is 0. The fourth-order valence-corrected chi connectivity index (χ4v) is 0.258. The zero-order valence-electron chi connectivity index (χ0n) is 4.63. The van der Waals surface area contributed by atoms with E-state index in [0.717, 1.165) is 0 Å². The van der Waals surface area contributed by atoms with Crippen molar-refractivity contribution in [3.05, 3.63) is 12.2 Å². The number of hydrogen-bond donors (Lipinski definition) is 2. The van der Waals surface area contributed by atoms with Gasteiger partial charge in [-0.3, -0.25) is 4.79 Å². The molecule has 0 saturated carbocycles. The molecule has 0 amide bonds. The van der Waals surface area contributed by atoms with Crippen LogP contribution in [0.2, 0.25) is 0 Å². The van der Waals surface area contributed by atoms with Gasteiger partial charge in [0.15, 0.2) is 0 Å². The van der Waals surface area contributed by atoms with E-state index < -0.39 is 18.4 Å². The Bertz CT molecular complexity index is 166. The molecule has 0 saturated heterocycles. The fourth-order valence-electron chi connectivity index (χ4n) is 0.258.